The zero-order valence-corrected chi connectivity index (χ0v) is 20.3. The maximum Gasteiger partial charge on any atom is 0.408 e. The van der Waals surface area contributed by atoms with Crippen LogP contribution in [0.4, 0.5) is 16.2 Å². The van der Waals surface area contributed by atoms with Crippen LogP contribution in [0.25, 0.3) is 11.0 Å². The second-order valence-corrected chi connectivity index (χ2v) is 9.53. The molecule has 0 aliphatic carbocycles. The number of hydrogen-bond donors (Lipinski definition) is 3. The Morgan fingerprint density at radius 1 is 1.13 bits per heavy atom. The number of anilines is 2. The van der Waals surface area contributed by atoms with Gasteiger partial charge in [-0.05, 0) is 63.5 Å². The van der Waals surface area contributed by atoms with Crippen molar-refractivity contribution in [3.8, 4) is 0 Å². The van der Waals surface area contributed by atoms with Crippen molar-refractivity contribution in [1.29, 1.82) is 0 Å². The summed E-state index contributed by atoms with van der Waals surface area (Å²) in [6, 6.07) is 1.84. The van der Waals surface area contributed by atoms with Crippen molar-refractivity contribution < 1.29 is 19.1 Å². The van der Waals surface area contributed by atoms with E-state index < -0.39 is 17.2 Å². The van der Waals surface area contributed by atoms with Crippen LogP contribution in [0.5, 0.6) is 0 Å². The zero-order chi connectivity index (χ0) is 23.2. The van der Waals surface area contributed by atoms with Crippen LogP contribution in [0.1, 0.15) is 41.5 Å². The number of fused-ring (bicyclic) bond motifs is 1. The zero-order valence-electron chi connectivity index (χ0n) is 18.8. The van der Waals surface area contributed by atoms with Gasteiger partial charge in [0.15, 0.2) is 0 Å². The van der Waals surface area contributed by atoms with E-state index in [1.165, 1.54) is 0 Å². The van der Waals surface area contributed by atoms with Crippen molar-refractivity contribution in [2.75, 3.05) is 30.4 Å². The molecule has 0 fully saturated rings. The molecule has 0 saturated carbocycles. The van der Waals surface area contributed by atoms with E-state index in [-0.39, 0.29) is 12.5 Å². The number of amides is 2. The molecule has 2 amide bonds. The Morgan fingerprint density at radius 3 is 2.48 bits per heavy atom. The normalized spacial score (nSPS) is 11.8. The van der Waals surface area contributed by atoms with Gasteiger partial charge in [-0.1, -0.05) is 0 Å². The summed E-state index contributed by atoms with van der Waals surface area (Å²) >= 11 is 3.40. The lowest BCUT2D eigenvalue weighted by molar-refractivity contribution is -0.120. The Kier molecular flexibility index (Phi) is 8.19. The molecule has 170 valence electrons. The highest BCUT2D eigenvalue weighted by molar-refractivity contribution is 9.10. The molecule has 0 aliphatic rings. The molecule has 2 aromatic heterocycles. The number of nitrogens with zero attached hydrogens (tertiary/aromatic N) is 2. The minimum atomic E-state index is -0.653. The molecule has 0 atom stereocenters. The molecule has 9 nitrogen and oxygen atoms in total. The smallest absolute Gasteiger partial charge is 0.408 e. The monoisotopic (exact) mass is 495 g/mol. The van der Waals surface area contributed by atoms with Crippen LogP contribution in [-0.4, -0.2) is 52.9 Å². The molecule has 31 heavy (non-hydrogen) atoms. The number of carbonyl (C=O) groups is 2. The SMILES string of the molecule is CCOCC(=O)Nc1cnc2cc(Br)cnc2c1NCC(C)(C)NC(=O)OC(C)(C)C. The average Bonchev–Trinajstić information content (AvgIpc) is 2.63. The van der Waals surface area contributed by atoms with Crippen molar-refractivity contribution in [3.05, 3.63) is 22.9 Å². The Morgan fingerprint density at radius 2 is 1.84 bits per heavy atom. The van der Waals surface area contributed by atoms with Gasteiger partial charge >= 0.3 is 6.09 Å². The summed E-state index contributed by atoms with van der Waals surface area (Å²) in [6.07, 6.45) is 2.72. The van der Waals surface area contributed by atoms with Crippen LogP contribution in [-0.2, 0) is 14.3 Å². The Balaban J connectivity index is 2.25. The van der Waals surface area contributed by atoms with Crippen LogP contribution in [0.15, 0.2) is 22.9 Å². The van der Waals surface area contributed by atoms with Crippen molar-refractivity contribution in [2.45, 2.75) is 52.7 Å². The van der Waals surface area contributed by atoms with Crippen LogP contribution in [0, 0.1) is 0 Å². The largest absolute Gasteiger partial charge is 0.444 e. The minimum Gasteiger partial charge on any atom is -0.444 e. The Labute approximate surface area is 190 Å². The fourth-order valence-electron chi connectivity index (χ4n) is 2.63. The highest BCUT2D eigenvalue weighted by Crippen LogP contribution is 2.30. The molecule has 0 radical (unpaired) electrons. The van der Waals surface area contributed by atoms with Gasteiger partial charge in [0.2, 0.25) is 5.91 Å². The van der Waals surface area contributed by atoms with Gasteiger partial charge in [0.25, 0.3) is 0 Å². The summed E-state index contributed by atoms with van der Waals surface area (Å²) in [5.74, 6) is -0.297. The van der Waals surface area contributed by atoms with Crippen LogP contribution >= 0.6 is 15.9 Å². The molecule has 10 heteroatoms. The molecule has 0 saturated heterocycles. The third kappa shape index (κ3) is 7.95. The third-order valence-corrected chi connectivity index (χ3v) is 4.36. The molecule has 2 aromatic rings. The number of carbonyl (C=O) groups excluding carboxylic acids is 2. The molecule has 0 aromatic carbocycles. The van der Waals surface area contributed by atoms with E-state index in [0.29, 0.717) is 35.6 Å². The maximum atomic E-state index is 12.2. The molecule has 0 spiro atoms. The molecule has 0 bridgehead atoms. The first-order valence-corrected chi connectivity index (χ1v) is 10.8. The number of alkyl carbamates (subject to hydrolysis) is 1. The molecule has 2 heterocycles. The summed E-state index contributed by atoms with van der Waals surface area (Å²) in [6.45, 7) is 11.7. The lowest BCUT2D eigenvalue weighted by atomic mass is 10.1. The van der Waals surface area contributed by atoms with Crippen molar-refractivity contribution in [2.24, 2.45) is 0 Å². The van der Waals surface area contributed by atoms with Crippen LogP contribution in [0.2, 0.25) is 0 Å². The second-order valence-electron chi connectivity index (χ2n) is 8.62. The van der Waals surface area contributed by atoms with Gasteiger partial charge in [-0.2, -0.15) is 0 Å². The van der Waals surface area contributed by atoms with Crippen molar-refractivity contribution in [1.82, 2.24) is 15.3 Å². The molecule has 0 aliphatic heterocycles. The standard InChI is InChI=1S/C21H30BrN5O4/c1-7-30-11-16(28)26-15-10-23-14-8-13(22)9-24-17(14)18(15)25-12-21(5,6)27-19(29)31-20(2,3)4/h8-10H,7,11-12H2,1-6H3,(H,23,25)(H,26,28)(H,27,29). The highest BCUT2D eigenvalue weighted by Gasteiger charge is 2.25. The number of pyridine rings is 2. The number of rotatable bonds is 8. The van der Waals surface area contributed by atoms with Crippen molar-refractivity contribution in [3.63, 3.8) is 0 Å². The first-order valence-electron chi connectivity index (χ1n) is 9.97. The summed E-state index contributed by atoms with van der Waals surface area (Å²) in [5.41, 5.74) is 1.06. The number of nitrogens with one attached hydrogen (secondary N) is 3. The van der Waals surface area contributed by atoms with Gasteiger partial charge in [-0.15, -0.1) is 0 Å². The summed E-state index contributed by atoms with van der Waals surface area (Å²) in [7, 11) is 0. The minimum absolute atomic E-state index is 0.0621. The van der Waals surface area contributed by atoms with Crippen LogP contribution < -0.4 is 16.0 Å². The predicted molar refractivity (Wildman–Crippen MR) is 124 cm³/mol. The fourth-order valence-corrected chi connectivity index (χ4v) is 2.95. The summed E-state index contributed by atoms with van der Waals surface area (Å²) in [5, 5.41) is 8.96. The first-order chi connectivity index (χ1) is 14.4. The van der Waals surface area contributed by atoms with Crippen molar-refractivity contribution >= 4 is 50.3 Å². The van der Waals surface area contributed by atoms with E-state index in [1.54, 1.807) is 12.4 Å². The lowest BCUT2D eigenvalue weighted by Gasteiger charge is -2.29. The van der Waals surface area contributed by atoms with Gasteiger partial charge < -0.3 is 25.4 Å². The molecular weight excluding hydrogens is 466 g/mol. The summed E-state index contributed by atoms with van der Waals surface area (Å²) < 4.78 is 11.3. The topological polar surface area (TPSA) is 114 Å². The quantitative estimate of drug-likeness (QED) is 0.505. The molecule has 2 rings (SSSR count). The van der Waals surface area contributed by atoms with Gasteiger partial charge in [0.1, 0.15) is 17.7 Å². The molecule has 0 unspecified atom stereocenters. The van der Waals surface area contributed by atoms with E-state index in [1.807, 2.05) is 47.6 Å². The Hall–Kier alpha value is -2.46. The Bertz CT molecular complexity index is 943. The average molecular weight is 496 g/mol. The van der Waals surface area contributed by atoms with E-state index >= 15 is 0 Å². The predicted octanol–water partition coefficient (Wildman–Crippen LogP) is 4.08. The molecule has 3 N–H and O–H groups in total. The maximum absolute atomic E-state index is 12.2. The second kappa shape index (κ2) is 10.2. The number of hydrogen-bond acceptors (Lipinski definition) is 7. The molecular formula is C21H30BrN5O4. The van der Waals surface area contributed by atoms with Gasteiger partial charge in [-0.3, -0.25) is 14.8 Å². The van der Waals surface area contributed by atoms with E-state index in [2.05, 4.69) is 41.8 Å². The van der Waals surface area contributed by atoms with E-state index in [4.69, 9.17) is 9.47 Å². The first kappa shape index (κ1) is 24.8. The lowest BCUT2D eigenvalue weighted by Crippen LogP contribution is -2.50. The highest BCUT2D eigenvalue weighted by atomic mass is 79.9. The van der Waals surface area contributed by atoms with Gasteiger partial charge in [-0.25, -0.2) is 4.79 Å². The van der Waals surface area contributed by atoms with E-state index in [0.717, 1.165) is 4.47 Å². The van der Waals surface area contributed by atoms with Gasteiger partial charge in [0.05, 0.1) is 28.6 Å². The summed E-state index contributed by atoms with van der Waals surface area (Å²) in [4.78, 5) is 33.2. The fraction of sp³-hybridized carbons (Fsp3) is 0.524. The number of ether oxygens (including phenoxy) is 2. The van der Waals surface area contributed by atoms with E-state index in [9.17, 15) is 9.59 Å². The third-order valence-electron chi connectivity index (χ3n) is 3.93. The van der Waals surface area contributed by atoms with Crippen LogP contribution in [0.3, 0.4) is 0 Å². The number of aromatic nitrogens is 2. The number of halogens is 1. The van der Waals surface area contributed by atoms with Gasteiger partial charge in [0, 0.05) is 23.8 Å².